The van der Waals surface area contributed by atoms with E-state index in [0.29, 0.717) is 17.1 Å². The summed E-state index contributed by atoms with van der Waals surface area (Å²) in [6.07, 6.45) is 0. The maximum Gasteiger partial charge on any atom is 0.338 e. The molecule has 0 fully saturated rings. The molecule has 1 N–H and O–H groups in total. The lowest BCUT2D eigenvalue weighted by Crippen LogP contribution is -2.29. The molecule has 0 aromatic heterocycles. The Morgan fingerprint density at radius 1 is 0.944 bits per heavy atom. The lowest BCUT2D eigenvalue weighted by atomic mass is 10.1. The van der Waals surface area contributed by atoms with Crippen molar-refractivity contribution >= 4 is 52.6 Å². The number of anilines is 1. The first-order chi connectivity index (χ1) is 17.3. The second-order valence-corrected chi connectivity index (χ2v) is 8.66. The fraction of sp³-hybridized carbons (Fsp3) is 0.120. The first-order valence-electron chi connectivity index (χ1n) is 10.6. The van der Waals surface area contributed by atoms with Crippen molar-refractivity contribution in [1.29, 1.82) is 0 Å². The van der Waals surface area contributed by atoms with Crippen LogP contribution in [0.25, 0.3) is 0 Å². The number of hydrogen-bond donors (Lipinski definition) is 1. The van der Waals surface area contributed by atoms with Crippen LogP contribution < -0.4 is 14.8 Å². The number of halogens is 2. The van der Waals surface area contributed by atoms with Gasteiger partial charge in [-0.2, -0.15) is 0 Å². The van der Waals surface area contributed by atoms with Gasteiger partial charge in [0.1, 0.15) is 0 Å². The molecule has 0 aliphatic carbocycles. The molecule has 2 aliphatic rings. The van der Waals surface area contributed by atoms with Gasteiger partial charge < -0.3 is 19.5 Å². The maximum atomic E-state index is 13.0. The van der Waals surface area contributed by atoms with E-state index in [1.807, 2.05) is 0 Å². The third-order valence-corrected chi connectivity index (χ3v) is 6.36. The number of fused-ring (bicyclic) bond motifs is 2. The largest absolute Gasteiger partial charge is 0.454 e. The number of rotatable bonds is 6. The van der Waals surface area contributed by atoms with Gasteiger partial charge >= 0.3 is 5.97 Å². The molecule has 0 spiro atoms. The molecule has 11 heteroatoms. The summed E-state index contributed by atoms with van der Waals surface area (Å²) in [5.74, 6) is -1.36. The van der Waals surface area contributed by atoms with Gasteiger partial charge in [-0.1, -0.05) is 35.3 Å². The number of imide groups is 1. The normalized spacial score (nSPS) is 13.6. The summed E-state index contributed by atoms with van der Waals surface area (Å²) in [6, 6.07) is 13.9. The van der Waals surface area contributed by atoms with Crippen LogP contribution in [0.1, 0.15) is 36.6 Å². The Kier molecular flexibility index (Phi) is 6.26. The first-order valence-corrected chi connectivity index (χ1v) is 11.4. The standard InChI is InChI=1S/C25H16Cl2N2O7/c26-17-2-1-3-18(22(17)27)28-21(30)11-34-25(33)14-5-6-15-16(9-14)24(32)29(23(15)31)10-13-4-7-19-20(8-13)36-12-35-19/h1-9H,10-12H2,(H,28,30). The minimum absolute atomic E-state index is 0.0217. The monoisotopic (exact) mass is 526 g/mol. The SMILES string of the molecule is O=C(COC(=O)c1ccc2c(c1)C(=O)N(Cc1ccc3c(c1)OCO3)C2=O)Nc1cccc(Cl)c1Cl. The van der Waals surface area contributed by atoms with Crippen LogP contribution in [-0.4, -0.2) is 42.0 Å². The minimum atomic E-state index is -0.834. The highest BCUT2D eigenvalue weighted by Crippen LogP contribution is 2.34. The van der Waals surface area contributed by atoms with E-state index in [9.17, 15) is 19.2 Å². The molecular formula is C25H16Cl2N2O7. The number of carbonyl (C=O) groups excluding carboxylic acids is 4. The fourth-order valence-corrected chi connectivity index (χ4v) is 4.13. The second-order valence-electron chi connectivity index (χ2n) is 7.87. The Balaban J connectivity index is 1.24. The molecule has 0 radical (unpaired) electrons. The summed E-state index contributed by atoms with van der Waals surface area (Å²) in [5, 5.41) is 2.92. The molecule has 0 saturated carbocycles. The van der Waals surface area contributed by atoms with E-state index in [2.05, 4.69) is 5.32 Å². The summed E-state index contributed by atoms with van der Waals surface area (Å²) >= 11 is 12.0. The van der Waals surface area contributed by atoms with Gasteiger partial charge in [0.05, 0.1) is 39.0 Å². The molecule has 0 atom stereocenters. The van der Waals surface area contributed by atoms with Gasteiger partial charge in [-0.15, -0.1) is 0 Å². The van der Waals surface area contributed by atoms with Crippen LogP contribution in [0.3, 0.4) is 0 Å². The van der Waals surface area contributed by atoms with E-state index < -0.39 is 30.3 Å². The van der Waals surface area contributed by atoms with Crippen molar-refractivity contribution < 1.29 is 33.4 Å². The Morgan fingerprint density at radius 2 is 1.72 bits per heavy atom. The van der Waals surface area contributed by atoms with Gasteiger partial charge in [0.25, 0.3) is 17.7 Å². The van der Waals surface area contributed by atoms with Crippen molar-refractivity contribution in [2.24, 2.45) is 0 Å². The highest BCUT2D eigenvalue weighted by molar-refractivity contribution is 6.44. The summed E-state index contributed by atoms with van der Waals surface area (Å²) in [7, 11) is 0. The number of hydrogen-bond acceptors (Lipinski definition) is 7. The molecule has 3 aromatic carbocycles. The van der Waals surface area contributed by atoms with Crippen LogP contribution in [0.2, 0.25) is 10.0 Å². The van der Waals surface area contributed by atoms with Crippen LogP contribution in [0.5, 0.6) is 11.5 Å². The smallest absolute Gasteiger partial charge is 0.338 e. The number of amides is 3. The Bertz CT molecular complexity index is 1440. The molecule has 0 unspecified atom stereocenters. The lowest BCUT2D eigenvalue weighted by Gasteiger charge is -2.14. The molecule has 2 aliphatic heterocycles. The Hall–Kier alpha value is -4.08. The zero-order chi connectivity index (χ0) is 25.4. The van der Waals surface area contributed by atoms with E-state index >= 15 is 0 Å². The molecule has 0 saturated heterocycles. The number of benzene rings is 3. The number of ether oxygens (including phenoxy) is 3. The third-order valence-electron chi connectivity index (χ3n) is 5.54. The molecule has 5 rings (SSSR count). The lowest BCUT2D eigenvalue weighted by molar-refractivity contribution is -0.119. The van der Waals surface area contributed by atoms with Gasteiger partial charge in [0, 0.05) is 0 Å². The first kappa shape index (κ1) is 23.7. The minimum Gasteiger partial charge on any atom is -0.454 e. The number of esters is 1. The van der Waals surface area contributed by atoms with Crippen LogP contribution in [0.15, 0.2) is 54.6 Å². The Morgan fingerprint density at radius 3 is 2.56 bits per heavy atom. The number of carbonyl (C=O) groups is 4. The predicted octanol–water partition coefficient (Wildman–Crippen LogP) is 4.31. The van der Waals surface area contributed by atoms with E-state index in [-0.39, 0.29) is 45.8 Å². The van der Waals surface area contributed by atoms with Crippen molar-refractivity contribution in [1.82, 2.24) is 4.90 Å². The van der Waals surface area contributed by atoms with Crippen molar-refractivity contribution in [2.75, 3.05) is 18.7 Å². The molecule has 2 heterocycles. The van der Waals surface area contributed by atoms with Crippen molar-refractivity contribution in [2.45, 2.75) is 6.54 Å². The van der Waals surface area contributed by atoms with Gasteiger partial charge in [-0.25, -0.2) is 4.79 Å². The zero-order valence-corrected chi connectivity index (χ0v) is 19.9. The van der Waals surface area contributed by atoms with Gasteiger partial charge in [-0.3, -0.25) is 19.3 Å². The van der Waals surface area contributed by atoms with Gasteiger partial charge in [0.15, 0.2) is 18.1 Å². The molecule has 36 heavy (non-hydrogen) atoms. The summed E-state index contributed by atoms with van der Waals surface area (Å²) in [5.41, 5.74) is 1.22. The summed E-state index contributed by atoms with van der Waals surface area (Å²) < 4.78 is 15.7. The van der Waals surface area contributed by atoms with Crippen molar-refractivity contribution in [3.63, 3.8) is 0 Å². The average Bonchev–Trinajstić information content (AvgIpc) is 3.43. The summed E-state index contributed by atoms with van der Waals surface area (Å²) in [6.45, 7) is -0.461. The van der Waals surface area contributed by atoms with E-state index in [0.717, 1.165) is 4.90 Å². The molecule has 0 bridgehead atoms. The van der Waals surface area contributed by atoms with E-state index in [1.165, 1.54) is 18.2 Å². The maximum absolute atomic E-state index is 13.0. The van der Waals surface area contributed by atoms with Crippen LogP contribution in [0, 0.1) is 0 Å². The molecule has 182 valence electrons. The highest BCUT2D eigenvalue weighted by atomic mass is 35.5. The van der Waals surface area contributed by atoms with Crippen LogP contribution in [0.4, 0.5) is 5.69 Å². The van der Waals surface area contributed by atoms with E-state index in [4.69, 9.17) is 37.4 Å². The van der Waals surface area contributed by atoms with Crippen molar-refractivity contribution in [3.05, 3.63) is 86.9 Å². The number of nitrogens with one attached hydrogen (secondary N) is 1. The van der Waals surface area contributed by atoms with E-state index in [1.54, 1.807) is 36.4 Å². The zero-order valence-electron chi connectivity index (χ0n) is 18.4. The molecule has 3 amide bonds. The average molecular weight is 527 g/mol. The van der Waals surface area contributed by atoms with Crippen molar-refractivity contribution in [3.8, 4) is 11.5 Å². The highest BCUT2D eigenvalue weighted by Gasteiger charge is 2.36. The second kappa shape index (κ2) is 9.52. The molecule has 3 aromatic rings. The quantitative estimate of drug-likeness (QED) is 0.376. The molecular weight excluding hydrogens is 511 g/mol. The fourth-order valence-electron chi connectivity index (χ4n) is 3.78. The molecule has 9 nitrogen and oxygen atoms in total. The summed E-state index contributed by atoms with van der Waals surface area (Å²) in [4.78, 5) is 51.5. The third kappa shape index (κ3) is 4.46. The van der Waals surface area contributed by atoms with Gasteiger partial charge in [0.2, 0.25) is 6.79 Å². The van der Waals surface area contributed by atoms with Crippen LogP contribution >= 0.6 is 23.2 Å². The number of nitrogens with zero attached hydrogens (tertiary/aromatic N) is 1. The van der Waals surface area contributed by atoms with Crippen LogP contribution in [-0.2, 0) is 16.1 Å². The van der Waals surface area contributed by atoms with Gasteiger partial charge in [-0.05, 0) is 48.0 Å². The Labute approximate surface area is 214 Å². The predicted molar refractivity (Wildman–Crippen MR) is 129 cm³/mol. The topological polar surface area (TPSA) is 111 Å².